The minimum atomic E-state index is 0.605. The van der Waals surface area contributed by atoms with E-state index in [1.54, 1.807) is 6.33 Å². The largest absolute Gasteiger partial charge is 0.369 e. The van der Waals surface area contributed by atoms with Crippen LogP contribution < -0.4 is 10.2 Å². The number of halogens is 1. The van der Waals surface area contributed by atoms with Crippen molar-refractivity contribution in [2.45, 2.75) is 25.8 Å². The zero-order valence-corrected chi connectivity index (χ0v) is 13.4. The Morgan fingerprint density at radius 2 is 2.26 bits per heavy atom. The van der Waals surface area contributed by atoms with E-state index in [4.69, 9.17) is 0 Å². The van der Waals surface area contributed by atoms with Gasteiger partial charge in [-0.25, -0.2) is 9.97 Å². The molecule has 0 aromatic carbocycles. The smallest absolute Gasteiger partial charge is 0.148 e. The van der Waals surface area contributed by atoms with Crippen LogP contribution in [0.2, 0.25) is 0 Å². The monoisotopic (exact) mass is 327 g/mol. The maximum Gasteiger partial charge on any atom is 0.148 e. The summed E-state index contributed by atoms with van der Waals surface area (Å²) in [5.41, 5.74) is 0. The van der Waals surface area contributed by atoms with Crippen molar-refractivity contribution in [1.29, 1.82) is 0 Å². The van der Waals surface area contributed by atoms with E-state index in [1.807, 2.05) is 0 Å². The molecule has 0 saturated carbocycles. The lowest BCUT2D eigenvalue weighted by molar-refractivity contribution is 0.315. The molecule has 0 spiro atoms. The molecular formula is C13H22BrN5. The molecule has 1 aliphatic rings. The van der Waals surface area contributed by atoms with E-state index >= 15 is 0 Å². The molecule has 2 heterocycles. The van der Waals surface area contributed by atoms with Crippen LogP contribution in [-0.4, -0.2) is 54.6 Å². The van der Waals surface area contributed by atoms with Crippen molar-refractivity contribution in [3.63, 3.8) is 0 Å². The third-order valence-corrected chi connectivity index (χ3v) is 4.24. The average Bonchev–Trinajstić information content (AvgIpc) is 2.87. The number of likely N-dealkylation sites (N-methyl/N-ethyl adjacent to an activating group) is 1. The zero-order chi connectivity index (χ0) is 13.8. The van der Waals surface area contributed by atoms with Crippen molar-refractivity contribution in [3.05, 3.63) is 10.8 Å². The lowest BCUT2D eigenvalue weighted by Crippen LogP contribution is -2.31. The number of nitrogens with one attached hydrogen (secondary N) is 1. The fourth-order valence-electron chi connectivity index (χ4n) is 2.30. The van der Waals surface area contributed by atoms with Crippen LogP contribution >= 0.6 is 15.9 Å². The van der Waals surface area contributed by atoms with E-state index in [1.165, 1.54) is 6.42 Å². The maximum atomic E-state index is 4.43. The Bertz CT molecular complexity index is 423. The molecule has 0 aliphatic carbocycles. The van der Waals surface area contributed by atoms with Gasteiger partial charge in [-0.1, -0.05) is 6.92 Å². The van der Waals surface area contributed by atoms with Crippen molar-refractivity contribution in [1.82, 2.24) is 14.9 Å². The highest BCUT2D eigenvalue weighted by molar-refractivity contribution is 9.10. The molecule has 1 unspecified atom stereocenters. The first-order valence-corrected chi connectivity index (χ1v) is 7.58. The van der Waals surface area contributed by atoms with Crippen molar-refractivity contribution in [2.75, 3.05) is 43.9 Å². The summed E-state index contributed by atoms with van der Waals surface area (Å²) in [7, 11) is 4.27. The fourth-order valence-corrected chi connectivity index (χ4v) is 2.90. The second kappa shape index (κ2) is 6.52. The summed E-state index contributed by atoms with van der Waals surface area (Å²) in [5.74, 6) is 1.89. The molecule has 1 aliphatic heterocycles. The van der Waals surface area contributed by atoms with Gasteiger partial charge in [0.15, 0.2) is 0 Å². The molecule has 1 aromatic rings. The number of anilines is 2. The van der Waals surface area contributed by atoms with Crippen LogP contribution in [0.15, 0.2) is 10.8 Å². The van der Waals surface area contributed by atoms with Crippen LogP contribution in [0.25, 0.3) is 0 Å². The van der Waals surface area contributed by atoms with E-state index in [0.717, 1.165) is 42.2 Å². The van der Waals surface area contributed by atoms with E-state index in [-0.39, 0.29) is 0 Å². The van der Waals surface area contributed by atoms with E-state index in [2.05, 4.69) is 62.0 Å². The van der Waals surface area contributed by atoms with Gasteiger partial charge in [0, 0.05) is 25.7 Å². The number of aromatic nitrogens is 2. The number of hydrogen-bond acceptors (Lipinski definition) is 5. The maximum absolute atomic E-state index is 4.43. The first-order valence-electron chi connectivity index (χ1n) is 6.79. The summed E-state index contributed by atoms with van der Waals surface area (Å²) in [4.78, 5) is 13.3. The van der Waals surface area contributed by atoms with Crippen LogP contribution in [-0.2, 0) is 0 Å². The van der Waals surface area contributed by atoms with Gasteiger partial charge in [-0.15, -0.1) is 0 Å². The third kappa shape index (κ3) is 3.36. The molecule has 6 heteroatoms. The van der Waals surface area contributed by atoms with E-state index in [0.29, 0.717) is 6.04 Å². The minimum Gasteiger partial charge on any atom is -0.369 e. The number of hydrogen-bond donors (Lipinski definition) is 1. The van der Waals surface area contributed by atoms with Gasteiger partial charge in [-0.3, -0.25) is 0 Å². The summed E-state index contributed by atoms with van der Waals surface area (Å²) in [5, 5.41) is 3.33. The molecule has 0 bridgehead atoms. The Morgan fingerprint density at radius 3 is 2.89 bits per heavy atom. The van der Waals surface area contributed by atoms with Crippen LogP contribution in [0.5, 0.6) is 0 Å². The summed E-state index contributed by atoms with van der Waals surface area (Å²) in [6, 6.07) is 0.605. The Labute approximate surface area is 123 Å². The molecule has 1 fully saturated rings. The molecule has 0 radical (unpaired) electrons. The molecule has 0 amide bonds. The Morgan fingerprint density at radius 1 is 1.47 bits per heavy atom. The summed E-state index contributed by atoms with van der Waals surface area (Å²) < 4.78 is 0.975. The standard InChI is InChI=1S/C13H22BrN5/c1-4-6-15-12-11(14)13(17-9-16-12)19-7-5-10(8-19)18(2)3/h9-10H,4-8H2,1-3H3,(H,15,16,17). The predicted octanol–water partition coefficient (Wildman–Crippen LogP) is 2.20. The second-order valence-corrected chi connectivity index (χ2v) is 5.93. The summed E-state index contributed by atoms with van der Waals surface area (Å²) >= 11 is 3.64. The van der Waals surface area contributed by atoms with Crippen LogP contribution in [0.1, 0.15) is 19.8 Å². The van der Waals surface area contributed by atoms with Gasteiger partial charge in [0.1, 0.15) is 22.4 Å². The molecule has 106 valence electrons. The molecule has 1 aromatic heterocycles. The molecular weight excluding hydrogens is 306 g/mol. The SMILES string of the molecule is CCCNc1ncnc(N2CCC(N(C)C)C2)c1Br. The topological polar surface area (TPSA) is 44.3 Å². The van der Waals surface area contributed by atoms with Crippen molar-refractivity contribution >= 4 is 27.6 Å². The highest BCUT2D eigenvalue weighted by atomic mass is 79.9. The van der Waals surface area contributed by atoms with Crippen molar-refractivity contribution in [3.8, 4) is 0 Å². The highest BCUT2D eigenvalue weighted by Crippen LogP contribution is 2.31. The number of rotatable bonds is 5. The normalized spacial score (nSPS) is 19.2. The first-order chi connectivity index (χ1) is 9.13. The average molecular weight is 328 g/mol. The predicted molar refractivity (Wildman–Crippen MR) is 82.8 cm³/mol. The summed E-state index contributed by atoms with van der Waals surface area (Å²) in [6.07, 6.45) is 3.90. The lowest BCUT2D eigenvalue weighted by Gasteiger charge is -2.22. The van der Waals surface area contributed by atoms with Crippen LogP contribution in [0.3, 0.4) is 0 Å². The van der Waals surface area contributed by atoms with Crippen LogP contribution in [0, 0.1) is 0 Å². The van der Waals surface area contributed by atoms with Crippen LogP contribution in [0.4, 0.5) is 11.6 Å². The zero-order valence-electron chi connectivity index (χ0n) is 11.9. The van der Waals surface area contributed by atoms with Gasteiger partial charge < -0.3 is 15.1 Å². The molecule has 2 rings (SSSR count). The Balaban J connectivity index is 2.12. The van der Waals surface area contributed by atoms with Gasteiger partial charge in [0.25, 0.3) is 0 Å². The summed E-state index contributed by atoms with van der Waals surface area (Å²) in [6.45, 7) is 5.14. The Hall–Kier alpha value is -0.880. The third-order valence-electron chi connectivity index (χ3n) is 3.51. The van der Waals surface area contributed by atoms with Gasteiger partial charge in [-0.2, -0.15) is 0 Å². The minimum absolute atomic E-state index is 0.605. The van der Waals surface area contributed by atoms with Crippen molar-refractivity contribution < 1.29 is 0 Å². The van der Waals surface area contributed by atoms with E-state index in [9.17, 15) is 0 Å². The van der Waals surface area contributed by atoms with Gasteiger partial charge in [0.2, 0.25) is 0 Å². The molecule has 1 N–H and O–H groups in total. The Kier molecular flexibility index (Phi) is 4.99. The quantitative estimate of drug-likeness (QED) is 0.898. The second-order valence-electron chi connectivity index (χ2n) is 5.14. The highest BCUT2D eigenvalue weighted by Gasteiger charge is 2.26. The van der Waals surface area contributed by atoms with Gasteiger partial charge >= 0.3 is 0 Å². The molecule has 19 heavy (non-hydrogen) atoms. The number of nitrogens with zero attached hydrogens (tertiary/aromatic N) is 4. The van der Waals surface area contributed by atoms with E-state index < -0.39 is 0 Å². The van der Waals surface area contributed by atoms with Crippen molar-refractivity contribution in [2.24, 2.45) is 0 Å². The molecule has 5 nitrogen and oxygen atoms in total. The fraction of sp³-hybridized carbons (Fsp3) is 0.692. The first kappa shape index (κ1) is 14.5. The van der Waals surface area contributed by atoms with Gasteiger partial charge in [0.05, 0.1) is 0 Å². The molecule has 1 saturated heterocycles. The molecule has 1 atom stereocenters. The lowest BCUT2D eigenvalue weighted by atomic mass is 10.2. The van der Waals surface area contributed by atoms with Gasteiger partial charge in [-0.05, 0) is 42.9 Å².